The summed E-state index contributed by atoms with van der Waals surface area (Å²) >= 11 is 0. The topological polar surface area (TPSA) is 41.6 Å². The lowest BCUT2D eigenvalue weighted by molar-refractivity contribution is -0.134. The molecule has 92 valence electrons. The minimum Gasteiger partial charge on any atom is -0.484 e. The van der Waals surface area contributed by atoms with Gasteiger partial charge in [-0.3, -0.25) is 4.79 Å². The molecule has 1 atom stereocenters. The fourth-order valence-electron chi connectivity index (χ4n) is 1.91. The minimum absolute atomic E-state index is 0.0576. The molecule has 1 fully saturated rings. The van der Waals surface area contributed by atoms with Gasteiger partial charge in [-0.25, -0.2) is 0 Å². The zero-order chi connectivity index (χ0) is 12.1. The van der Waals surface area contributed by atoms with Crippen molar-refractivity contribution in [2.75, 3.05) is 26.2 Å². The highest BCUT2D eigenvalue weighted by molar-refractivity contribution is 5.77. The molecule has 0 bridgehead atoms. The van der Waals surface area contributed by atoms with E-state index in [-0.39, 0.29) is 12.5 Å². The summed E-state index contributed by atoms with van der Waals surface area (Å²) in [6.07, 6.45) is 0. The summed E-state index contributed by atoms with van der Waals surface area (Å²) in [7, 11) is 0. The van der Waals surface area contributed by atoms with Gasteiger partial charge in [0.15, 0.2) is 6.61 Å². The molecule has 0 aromatic heterocycles. The van der Waals surface area contributed by atoms with Crippen molar-refractivity contribution in [2.45, 2.75) is 13.0 Å². The van der Waals surface area contributed by atoms with E-state index in [1.165, 1.54) is 0 Å². The second kappa shape index (κ2) is 5.68. The molecule has 1 N–H and O–H groups in total. The fraction of sp³-hybridized carbons (Fsp3) is 0.462. The maximum Gasteiger partial charge on any atom is 0.260 e. The van der Waals surface area contributed by atoms with E-state index in [1.54, 1.807) is 0 Å². The fourth-order valence-corrected chi connectivity index (χ4v) is 1.91. The van der Waals surface area contributed by atoms with Crippen LogP contribution in [0.15, 0.2) is 30.3 Å². The molecule has 0 radical (unpaired) electrons. The van der Waals surface area contributed by atoms with Crippen molar-refractivity contribution < 1.29 is 9.53 Å². The second-order valence-corrected chi connectivity index (χ2v) is 4.30. The maximum absolute atomic E-state index is 11.9. The summed E-state index contributed by atoms with van der Waals surface area (Å²) in [5, 5.41) is 3.31. The first-order valence-electron chi connectivity index (χ1n) is 5.95. The highest BCUT2D eigenvalue weighted by Crippen LogP contribution is 2.08. The van der Waals surface area contributed by atoms with Crippen LogP contribution < -0.4 is 10.1 Å². The largest absolute Gasteiger partial charge is 0.484 e. The van der Waals surface area contributed by atoms with Crippen LogP contribution in [-0.2, 0) is 4.79 Å². The van der Waals surface area contributed by atoms with Gasteiger partial charge in [-0.2, -0.15) is 0 Å². The van der Waals surface area contributed by atoms with Gasteiger partial charge >= 0.3 is 0 Å². The Morgan fingerprint density at radius 1 is 1.47 bits per heavy atom. The predicted octanol–water partition coefficient (Wildman–Crippen LogP) is 0.886. The number of para-hydroxylation sites is 1. The van der Waals surface area contributed by atoms with E-state index in [9.17, 15) is 4.79 Å². The maximum atomic E-state index is 11.9. The summed E-state index contributed by atoms with van der Waals surface area (Å²) in [6, 6.07) is 9.79. The van der Waals surface area contributed by atoms with E-state index in [4.69, 9.17) is 4.74 Å². The molecule has 4 nitrogen and oxygen atoms in total. The van der Waals surface area contributed by atoms with Crippen LogP contribution >= 0.6 is 0 Å². The van der Waals surface area contributed by atoms with Crippen molar-refractivity contribution >= 4 is 5.91 Å². The van der Waals surface area contributed by atoms with Crippen LogP contribution in [0, 0.1) is 0 Å². The normalized spacial score (nSPS) is 20.1. The first-order valence-corrected chi connectivity index (χ1v) is 5.95. The molecule has 4 heteroatoms. The van der Waals surface area contributed by atoms with Gasteiger partial charge in [0.2, 0.25) is 0 Å². The summed E-state index contributed by atoms with van der Waals surface area (Å²) in [5.74, 6) is 0.797. The smallest absolute Gasteiger partial charge is 0.260 e. The van der Waals surface area contributed by atoms with Crippen molar-refractivity contribution in [2.24, 2.45) is 0 Å². The molecule has 1 heterocycles. The molecule has 0 spiro atoms. The average molecular weight is 234 g/mol. The zero-order valence-electron chi connectivity index (χ0n) is 10.1. The number of rotatable bonds is 3. The number of amides is 1. The van der Waals surface area contributed by atoms with E-state index in [2.05, 4.69) is 12.2 Å². The molecule has 1 aliphatic rings. The van der Waals surface area contributed by atoms with Crippen LogP contribution in [-0.4, -0.2) is 43.1 Å². The van der Waals surface area contributed by atoms with E-state index in [0.29, 0.717) is 6.04 Å². The molecule has 1 aromatic carbocycles. The van der Waals surface area contributed by atoms with Gasteiger partial charge in [0, 0.05) is 25.7 Å². The number of benzene rings is 1. The molecule has 1 amide bonds. The minimum atomic E-state index is 0.0576. The second-order valence-electron chi connectivity index (χ2n) is 4.30. The van der Waals surface area contributed by atoms with Gasteiger partial charge in [0.05, 0.1) is 0 Å². The number of piperazine rings is 1. The van der Waals surface area contributed by atoms with E-state index >= 15 is 0 Å². The molecule has 17 heavy (non-hydrogen) atoms. The standard InChI is InChI=1S/C13H18N2O2/c1-11-9-15(8-7-14-11)13(16)10-17-12-5-3-2-4-6-12/h2-6,11,14H,7-10H2,1H3/t11-/m1/s1. The Hall–Kier alpha value is -1.55. The third kappa shape index (κ3) is 3.46. The number of nitrogens with one attached hydrogen (secondary N) is 1. The quantitative estimate of drug-likeness (QED) is 0.844. The Bertz CT molecular complexity index is 367. The Labute approximate surface area is 102 Å². The first-order chi connectivity index (χ1) is 8.25. The molecule has 2 rings (SSSR count). The lowest BCUT2D eigenvalue weighted by Crippen LogP contribution is -2.52. The predicted molar refractivity (Wildman–Crippen MR) is 66.0 cm³/mol. The van der Waals surface area contributed by atoms with Gasteiger partial charge in [0.1, 0.15) is 5.75 Å². The number of hydrogen-bond acceptors (Lipinski definition) is 3. The van der Waals surface area contributed by atoms with Crippen molar-refractivity contribution in [3.63, 3.8) is 0 Å². The van der Waals surface area contributed by atoms with Crippen molar-refractivity contribution in [3.8, 4) is 5.75 Å². The van der Waals surface area contributed by atoms with Crippen LogP contribution in [0.2, 0.25) is 0 Å². The van der Waals surface area contributed by atoms with Crippen LogP contribution in [0.3, 0.4) is 0 Å². The van der Waals surface area contributed by atoms with Crippen molar-refractivity contribution in [1.82, 2.24) is 10.2 Å². The van der Waals surface area contributed by atoms with E-state index in [0.717, 1.165) is 25.4 Å². The number of hydrogen-bond donors (Lipinski definition) is 1. The molecule has 0 unspecified atom stereocenters. The third-order valence-corrected chi connectivity index (χ3v) is 2.83. The van der Waals surface area contributed by atoms with Crippen LogP contribution in [0.25, 0.3) is 0 Å². The number of carbonyl (C=O) groups is 1. The summed E-state index contributed by atoms with van der Waals surface area (Å²) < 4.78 is 5.44. The monoisotopic (exact) mass is 234 g/mol. The molecule has 0 aliphatic carbocycles. The van der Waals surface area contributed by atoms with Crippen molar-refractivity contribution in [1.29, 1.82) is 0 Å². The molecular formula is C13H18N2O2. The Morgan fingerprint density at radius 3 is 2.94 bits per heavy atom. The highest BCUT2D eigenvalue weighted by atomic mass is 16.5. The zero-order valence-corrected chi connectivity index (χ0v) is 10.1. The van der Waals surface area contributed by atoms with Crippen molar-refractivity contribution in [3.05, 3.63) is 30.3 Å². The third-order valence-electron chi connectivity index (χ3n) is 2.83. The number of ether oxygens (including phenoxy) is 1. The molecule has 1 saturated heterocycles. The molecule has 1 aliphatic heterocycles. The highest BCUT2D eigenvalue weighted by Gasteiger charge is 2.20. The summed E-state index contributed by atoms with van der Waals surface area (Å²) in [5.41, 5.74) is 0. The van der Waals surface area contributed by atoms with Gasteiger partial charge in [0.25, 0.3) is 5.91 Å². The lowest BCUT2D eigenvalue weighted by Gasteiger charge is -2.31. The van der Waals surface area contributed by atoms with Gasteiger partial charge in [-0.1, -0.05) is 18.2 Å². The van der Waals surface area contributed by atoms with E-state index < -0.39 is 0 Å². The molecular weight excluding hydrogens is 216 g/mol. The number of carbonyl (C=O) groups excluding carboxylic acids is 1. The SMILES string of the molecule is C[C@@H]1CN(C(=O)COc2ccccc2)CCN1. The summed E-state index contributed by atoms with van der Waals surface area (Å²) in [6.45, 7) is 4.59. The Morgan fingerprint density at radius 2 is 2.24 bits per heavy atom. The summed E-state index contributed by atoms with van der Waals surface area (Å²) in [4.78, 5) is 13.7. The number of nitrogens with zero attached hydrogens (tertiary/aromatic N) is 1. The lowest BCUT2D eigenvalue weighted by atomic mass is 10.2. The van der Waals surface area contributed by atoms with Gasteiger partial charge in [-0.15, -0.1) is 0 Å². The van der Waals surface area contributed by atoms with E-state index in [1.807, 2.05) is 35.2 Å². The van der Waals surface area contributed by atoms with Crippen LogP contribution in [0.1, 0.15) is 6.92 Å². The molecule has 1 aromatic rings. The van der Waals surface area contributed by atoms with Gasteiger partial charge in [-0.05, 0) is 19.1 Å². The Kier molecular flexibility index (Phi) is 3.98. The van der Waals surface area contributed by atoms with Crippen LogP contribution in [0.4, 0.5) is 0 Å². The Balaban J connectivity index is 1.81. The van der Waals surface area contributed by atoms with Crippen LogP contribution in [0.5, 0.6) is 5.75 Å². The average Bonchev–Trinajstić information content (AvgIpc) is 2.37. The van der Waals surface area contributed by atoms with Gasteiger partial charge < -0.3 is 15.0 Å². The molecule has 0 saturated carbocycles. The first kappa shape index (κ1) is 11.9.